The number of hydrogen-bond donors (Lipinski definition) is 1. The average molecular weight is 238 g/mol. The van der Waals surface area contributed by atoms with E-state index < -0.39 is 0 Å². The van der Waals surface area contributed by atoms with E-state index in [1.165, 1.54) is 29.5 Å². The monoisotopic (exact) mass is 238 g/mol. The smallest absolute Gasteiger partial charge is 0.0331 e. The highest BCUT2D eigenvalue weighted by molar-refractivity contribution is 5.34. The number of aryl methyl sites for hydroxylation is 1. The Bertz CT molecular complexity index is 522. The van der Waals surface area contributed by atoms with Crippen molar-refractivity contribution < 1.29 is 0 Å². The highest BCUT2D eigenvalue weighted by Crippen LogP contribution is 2.32. The second-order valence-corrected chi connectivity index (χ2v) is 4.96. The summed E-state index contributed by atoms with van der Waals surface area (Å²) in [6.07, 6.45) is 6.11. The Morgan fingerprint density at radius 1 is 1.17 bits per heavy atom. The first-order chi connectivity index (χ1) is 8.84. The van der Waals surface area contributed by atoms with Crippen LogP contribution < -0.4 is 5.32 Å². The lowest BCUT2D eigenvalue weighted by atomic mass is 10.1. The Balaban J connectivity index is 1.75. The molecule has 1 aromatic carbocycles. The Morgan fingerprint density at radius 3 is 2.78 bits per heavy atom. The molecule has 0 radical (unpaired) electrons. The van der Waals surface area contributed by atoms with Gasteiger partial charge in [0, 0.05) is 24.5 Å². The summed E-state index contributed by atoms with van der Waals surface area (Å²) in [5, 5.41) is 3.72. The standard InChI is InChI=1S/C16H18N2/c1-12(13-8-10-17-11-9-13)18-16-7-6-14-4-2-3-5-15(14)16/h2-5,8-12,16,18H,6-7H2,1H3/t12-,16?/m0/s1. The molecule has 2 aromatic rings. The molecule has 2 atom stereocenters. The van der Waals surface area contributed by atoms with Crippen molar-refractivity contribution in [1.29, 1.82) is 0 Å². The first-order valence-electron chi connectivity index (χ1n) is 6.58. The SMILES string of the molecule is C[C@H](NC1CCc2ccccc21)c1ccncc1. The lowest BCUT2D eigenvalue weighted by Gasteiger charge is -2.20. The van der Waals surface area contributed by atoms with Crippen LogP contribution in [-0.2, 0) is 6.42 Å². The Labute approximate surface area is 108 Å². The van der Waals surface area contributed by atoms with Gasteiger partial charge in [-0.3, -0.25) is 4.98 Å². The molecule has 0 saturated carbocycles. The van der Waals surface area contributed by atoms with Gasteiger partial charge in [-0.25, -0.2) is 0 Å². The molecule has 3 rings (SSSR count). The summed E-state index contributed by atoms with van der Waals surface area (Å²) in [7, 11) is 0. The average Bonchev–Trinajstić information content (AvgIpc) is 2.83. The van der Waals surface area contributed by atoms with E-state index in [9.17, 15) is 0 Å². The van der Waals surface area contributed by atoms with Gasteiger partial charge in [0.2, 0.25) is 0 Å². The summed E-state index contributed by atoms with van der Waals surface area (Å²) < 4.78 is 0. The third-order valence-corrected chi connectivity index (χ3v) is 3.79. The van der Waals surface area contributed by atoms with E-state index >= 15 is 0 Å². The molecule has 2 heteroatoms. The van der Waals surface area contributed by atoms with E-state index in [1.54, 1.807) is 0 Å². The van der Waals surface area contributed by atoms with E-state index in [0.29, 0.717) is 12.1 Å². The molecular formula is C16H18N2. The molecule has 18 heavy (non-hydrogen) atoms. The highest BCUT2D eigenvalue weighted by Gasteiger charge is 2.23. The van der Waals surface area contributed by atoms with Crippen molar-refractivity contribution in [2.45, 2.75) is 31.8 Å². The highest BCUT2D eigenvalue weighted by atomic mass is 15.0. The van der Waals surface area contributed by atoms with Crippen LogP contribution in [0, 0.1) is 0 Å². The Hall–Kier alpha value is -1.67. The number of fused-ring (bicyclic) bond motifs is 1. The van der Waals surface area contributed by atoms with Crippen LogP contribution in [0.25, 0.3) is 0 Å². The van der Waals surface area contributed by atoms with Crippen LogP contribution in [0.4, 0.5) is 0 Å². The minimum Gasteiger partial charge on any atom is -0.303 e. The molecule has 1 N–H and O–H groups in total. The molecule has 1 unspecified atom stereocenters. The summed E-state index contributed by atoms with van der Waals surface area (Å²) >= 11 is 0. The van der Waals surface area contributed by atoms with Gasteiger partial charge in [-0.1, -0.05) is 24.3 Å². The molecule has 1 aliphatic rings. The fourth-order valence-electron chi connectivity index (χ4n) is 2.78. The second kappa shape index (κ2) is 4.91. The van der Waals surface area contributed by atoms with Gasteiger partial charge < -0.3 is 5.32 Å². The van der Waals surface area contributed by atoms with Gasteiger partial charge in [0.05, 0.1) is 0 Å². The zero-order valence-corrected chi connectivity index (χ0v) is 10.6. The van der Waals surface area contributed by atoms with Gasteiger partial charge in [-0.15, -0.1) is 0 Å². The number of hydrogen-bond acceptors (Lipinski definition) is 2. The molecule has 0 saturated heterocycles. The largest absolute Gasteiger partial charge is 0.303 e. The zero-order valence-electron chi connectivity index (χ0n) is 10.6. The van der Waals surface area contributed by atoms with Crippen LogP contribution in [0.15, 0.2) is 48.8 Å². The number of nitrogens with zero attached hydrogens (tertiary/aromatic N) is 1. The van der Waals surface area contributed by atoms with Gasteiger partial charge in [0.25, 0.3) is 0 Å². The quantitative estimate of drug-likeness (QED) is 0.886. The van der Waals surface area contributed by atoms with Gasteiger partial charge in [-0.05, 0) is 48.6 Å². The van der Waals surface area contributed by atoms with Crippen molar-refractivity contribution in [1.82, 2.24) is 10.3 Å². The van der Waals surface area contributed by atoms with E-state index in [0.717, 1.165) is 0 Å². The molecule has 0 fully saturated rings. The van der Waals surface area contributed by atoms with Crippen LogP contribution in [0.5, 0.6) is 0 Å². The minimum atomic E-state index is 0.365. The maximum Gasteiger partial charge on any atom is 0.0331 e. The Morgan fingerprint density at radius 2 is 1.94 bits per heavy atom. The predicted octanol–water partition coefficient (Wildman–Crippen LogP) is 3.42. The van der Waals surface area contributed by atoms with Crippen LogP contribution in [0.2, 0.25) is 0 Å². The van der Waals surface area contributed by atoms with Gasteiger partial charge in [0.15, 0.2) is 0 Å². The minimum absolute atomic E-state index is 0.365. The van der Waals surface area contributed by atoms with Crippen molar-refractivity contribution in [3.63, 3.8) is 0 Å². The maximum atomic E-state index is 4.07. The molecule has 0 aliphatic heterocycles. The second-order valence-electron chi connectivity index (χ2n) is 4.96. The molecule has 2 nitrogen and oxygen atoms in total. The van der Waals surface area contributed by atoms with Gasteiger partial charge in [0.1, 0.15) is 0 Å². The van der Waals surface area contributed by atoms with E-state index in [-0.39, 0.29) is 0 Å². The maximum absolute atomic E-state index is 4.07. The molecule has 0 bridgehead atoms. The van der Waals surface area contributed by atoms with E-state index in [2.05, 4.69) is 53.6 Å². The lowest BCUT2D eigenvalue weighted by molar-refractivity contribution is 0.465. The van der Waals surface area contributed by atoms with Crippen LogP contribution in [-0.4, -0.2) is 4.98 Å². The molecule has 1 heterocycles. The zero-order chi connectivity index (χ0) is 12.4. The van der Waals surface area contributed by atoms with Crippen LogP contribution in [0.3, 0.4) is 0 Å². The van der Waals surface area contributed by atoms with Crippen molar-refractivity contribution in [2.75, 3.05) is 0 Å². The van der Waals surface area contributed by atoms with Gasteiger partial charge in [-0.2, -0.15) is 0 Å². The number of nitrogens with one attached hydrogen (secondary N) is 1. The van der Waals surface area contributed by atoms with Crippen molar-refractivity contribution in [3.05, 3.63) is 65.5 Å². The van der Waals surface area contributed by atoms with Crippen LogP contribution >= 0.6 is 0 Å². The summed E-state index contributed by atoms with van der Waals surface area (Å²) in [4.78, 5) is 4.07. The summed E-state index contributed by atoms with van der Waals surface area (Å²) in [6.45, 7) is 2.22. The molecule has 92 valence electrons. The molecule has 1 aliphatic carbocycles. The first-order valence-corrected chi connectivity index (χ1v) is 6.58. The predicted molar refractivity (Wildman–Crippen MR) is 73.3 cm³/mol. The fraction of sp³-hybridized carbons (Fsp3) is 0.312. The molecule has 1 aromatic heterocycles. The first kappa shape index (κ1) is 11.4. The van der Waals surface area contributed by atoms with Gasteiger partial charge >= 0.3 is 0 Å². The third-order valence-electron chi connectivity index (χ3n) is 3.79. The number of rotatable bonds is 3. The summed E-state index contributed by atoms with van der Waals surface area (Å²) in [5.74, 6) is 0. The molecular weight excluding hydrogens is 220 g/mol. The third kappa shape index (κ3) is 2.16. The van der Waals surface area contributed by atoms with Crippen molar-refractivity contribution in [3.8, 4) is 0 Å². The van der Waals surface area contributed by atoms with Crippen molar-refractivity contribution in [2.24, 2.45) is 0 Å². The topological polar surface area (TPSA) is 24.9 Å². The normalized spacial score (nSPS) is 19.5. The molecule has 0 amide bonds. The fourth-order valence-corrected chi connectivity index (χ4v) is 2.78. The molecule has 0 spiro atoms. The summed E-state index contributed by atoms with van der Waals surface area (Å²) in [5.41, 5.74) is 4.27. The number of pyridine rings is 1. The number of benzene rings is 1. The Kier molecular flexibility index (Phi) is 3.11. The summed E-state index contributed by atoms with van der Waals surface area (Å²) in [6, 6.07) is 13.8. The van der Waals surface area contributed by atoms with E-state index in [1.807, 2.05) is 12.4 Å². The van der Waals surface area contributed by atoms with Crippen molar-refractivity contribution >= 4 is 0 Å². The lowest BCUT2D eigenvalue weighted by Crippen LogP contribution is -2.22. The van der Waals surface area contributed by atoms with Crippen LogP contribution in [0.1, 0.15) is 42.1 Å². The van der Waals surface area contributed by atoms with E-state index in [4.69, 9.17) is 0 Å². The number of aromatic nitrogens is 1.